The molecule has 5 heteroatoms. The third-order valence-corrected chi connectivity index (χ3v) is 4.06. The molecule has 2 saturated carbocycles. The molecule has 2 N–H and O–H groups in total. The summed E-state index contributed by atoms with van der Waals surface area (Å²) in [6.07, 6.45) is 2.19. The minimum absolute atomic E-state index is 0.0521. The minimum Gasteiger partial charge on any atom is -0.465 e. The van der Waals surface area contributed by atoms with Crippen LogP contribution in [-0.2, 0) is 4.79 Å². The molecule has 0 aromatic carbocycles. The summed E-state index contributed by atoms with van der Waals surface area (Å²) in [6.45, 7) is 0. The number of Topliss-reactive ketones (excluding diaryl/α,β-unsaturated/α-hetero) is 1. The Bertz CT molecular complexity index is 284. The molecule has 15 heavy (non-hydrogen) atoms. The molecular weight excluding hydrogens is 262 g/mol. The molecule has 0 spiro atoms. The van der Waals surface area contributed by atoms with E-state index in [2.05, 4.69) is 21.2 Å². The van der Waals surface area contributed by atoms with Crippen LogP contribution in [0.3, 0.4) is 0 Å². The number of alkyl halides is 1. The van der Waals surface area contributed by atoms with Crippen molar-refractivity contribution < 1.29 is 14.7 Å². The predicted octanol–water partition coefficient (Wildman–Crippen LogP) is 1.63. The largest absolute Gasteiger partial charge is 0.465 e. The highest BCUT2D eigenvalue weighted by Crippen LogP contribution is 2.55. The van der Waals surface area contributed by atoms with Gasteiger partial charge in [0, 0.05) is 0 Å². The summed E-state index contributed by atoms with van der Waals surface area (Å²) in [4.78, 5) is 22.2. The highest BCUT2D eigenvalue weighted by atomic mass is 79.9. The van der Waals surface area contributed by atoms with Gasteiger partial charge < -0.3 is 10.4 Å². The molecule has 4 atom stereocenters. The Morgan fingerprint density at radius 3 is 2.40 bits per heavy atom. The van der Waals surface area contributed by atoms with Crippen molar-refractivity contribution in [2.45, 2.75) is 25.3 Å². The predicted molar refractivity (Wildman–Crippen MR) is 58.1 cm³/mol. The van der Waals surface area contributed by atoms with Crippen LogP contribution < -0.4 is 5.32 Å². The van der Waals surface area contributed by atoms with Crippen molar-refractivity contribution >= 4 is 27.8 Å². The van der Waals surface area contributed by atoms with Gasteiger partial charge in [0.25, 0.3) is 0 Å². The van der Waals surface area contributed by atoms with Gasteiger partial charge in [0.2, 0.25) is 0 Å². The van der Waals surface area contributed by atoms with E-state index in [1.807, 2.05) is 0 Å². The maximum absolute atomic E-state index is 11.6. The van der Waals surface area contributed by atoms with Gasteiger partial charge in [-0.15, -0.1) is 0 Å². The van der Waals surface area contributed by atoms with Crippen LogP contribution in [0.25, 0.3) is 0 Å². The average Bonchev–Trinajstić information content (AvgIpc) is 2.81. The van der Waals surface area contributed by atoms with Gasteiger partial charge >= 0.3 is 6.09 Å². The summed E-state index contributed by atoms with van der Waals surface area (Å²) >= 11 is 3.10. The fourth-order valence-electron chi connectivity index (χ4n) is 2.71. The number of halogens is 1. The maximum atomic E-state index is 11.6. The number of nitrogens with one attached hydrogen (secondary N) is 1. The second-order valence-corrected chi connectivity index (χ2v) is 5.08. The lowest BCUT2D eigenvalue weighted by atomic mass is 9.92. The van der Waals surface area contributed by atoms with E-state index in [0.717, 1.165) is 24.7 Å². The standard InChI is InChI=1S/C10H14BrNO3/c11-4-8(13)9(12-10(14)15)7-2-5-1-6(5)3-7/h5-7,9,12H,1-4H2,(H,14,15)/t5-,6+,7?,9-/m0/s1. The van der Waals surface area contributed by atoms with E-state index in [-0.39, 0.29) is 17.0 Å². The van der Waals surface area contributed by atoms with Crippen molar-refractivity contribution in [3.05, 3.63) is 0 Å². The van der Waals surface area contributed by atoms with Gasteiger partial charge in [0.05, 0.1) is 11.4 Å². The van der Waals surface area contributed by atoms with Crippen molar-refractivity contribution in [2.24, 2.45) is 17.8 Å². The molecule has 0 heterocycles. The minimum atomic E-state index is -1.10. The SMILES string of the molecule is O=C(O)N[C@H](C(=O)CBr)C1C[C@@H]2C[C@@H]2C1. The van der Waals surface area contributed by atoms with Gasteiger partial charge in [-0.25, -0.2) is 4.79 Å². The number of carboxylic acid groups (broad SMARTS) is 1. The Morgan fingerprint density at radius 2 is 1.93 bits per heavy atom. The molecular formula is C10H14BrNO3. The van der Waals surface area contributed by atoms with E-state index in [1.54, 1.807) is 0 Å². The van der Waals surface area contributed by atoms with Gasteiger partial charge in [-0.1, -0.05) is 15.9 Å². The zero-order chi connectivity index (χ0) is 11.0. The Hall–Kier alpha value is -0.580. The summed E-state index contributed by atoms with van der Waals surface area (Å²) in [5, 5.41) is 11.3. The maximum Gasteiger partial charge on any atom is 0.405 e. The molecule has 0 aromatic rings. The lowest BCUT2D eigenvalue weighted by Gasteiger charge is -2.22. The lowest BCUT2D eigenvalue weighted by molar-refractivity contribution is -0.119. The average molecular weight is 276 g/mol. The van der Waals surface area contributed by atoms with Gasteiger partial charge in [0.1, 0.15) is 0 Å². The summed E-state index contributed by atoms with van der Waals surface area (Å²) in [6, 6.07) is -0.505. The van der Waals surface area contributed by atoms with Gasteiger partial charge in [-0.05, 0) is 37.0 Å². The first-order valence-corrected chi connectivity index (χ1v) is 6.32. The molecule has 0 aliphatic heterocycles. The molecule has 0 bridgehead atoms. The molecule has 2 fully saturated rings. The van der Waals surface area contributed by atoms with Gasteiger partial charge in [0.15, 0.2) is 5.78 Å². The van der Waals surface area contributed by atoms with E-state index in [9.17, 15) is 9.59 Å². The Morgan fingerprint density at radius 1 is 1.33 bits per heavy atom. The van der Waals surface area contributed by atoms with Gasteiger partial charge in [-0.2, -0.15) is 0 Å². The quantitative estimate of drug-likeness (QED) is 0.767. The zero-order valence-electron chi connectivity index (χ0n) is 8.28. The number of hydrogen-bond acceptors (Lipinski definition) is 2. The first-order chi connectivity index (χ1) is 7.11. The highest BCUT2D eigenvalue weighted by Gasteiger charge is 2.49. The van der Waals surface area contributed by atoms with Crippen LogP contribution >= 0.6 is 15.9 Å². The summed E-state index contributed by atoms with van der Waals surface area (Å²) in [5.41, 5.74) is 0. The number of rotatable bonds is 4. The fourth-order valence-corrected chi connectivity index (χ4v) is 3.06. The Balaban J connectivity index is 1.97. The van der Waals surface area contributed by atoms with E-state index in [0.29, 0.717) is 0 Å². The molecule has 2 aliphatic rings. The highest BCUT2D eigenvalue weighted by molar-refractivity contribution is 9.09. The van der Waals surface area contributed by atoms with Crippen LogP contribution in [0, 0.1) is 17.8 Å². The van der Waals surface area contributed by atoms with Crippen molar-refractivity contribution in [3.63, 3.8) is 0 Å². The number of carbonyl (C=O) groups is 2. The second-order valence-electron chi connectivity index (χ2n) is 4.51. The number of amides is 1. The summed E-state index contributed by atoms with van der Waals surface area (Å²) in [7, 11) is 0. The van der Waals surface area contributed by atoms with Crippen LogP contribution in [0.2, 0.25) is 0 Å². The van der Waals surface area contributed by atoms with E-state index < -0.39 is 12.1 Å². The first kappa shape index (κ1) is 10.9. The molecule has 1 unspecified atom stereocenters. The van der Waals surface area contributed by atoms with Crippen LogP contribution in [0.4, 0.5) is 4.79 Å². The topological polar surface area (TPSA) is 66.4 Å². The molecule has 2 aliphatic carbocycles. The number of ketones is 1. The normalized spacial score (nSPS) is 34.3. The third kappa shape index (κ3) is 2.33. The van der Waals surface area contributed by atoms with Crippen LogP contribution in [0.1, 0.15) is 19.3 Å². The monoisotopic (exact) mass is 275 g/mol. The number of hydrogen-bond donors (Lipinski definition) is 2. The van der Waals surface area contributed by atoms with Crippen LogP contribution in [0.15, 0.2) is 0 Å². The van der Waals surface area contributed by atoms with E-state index in [4.69, 9.17) is 5.11 Å². The third-order valence-electron chi connectivity index (χ3n) is 3.51. The molecule has 2 rings (SSSR count). The molecule has 0 radical (unpaired) electrons. The molecule has 84 valence electrons. The zero-order valence-corrected chi connectivity index (χ0v) is 9.87. The van der Waals surface area contributed by atoms with Gasteiger partial charge in [-0.3, -0.25) is 4.79 Å². The number of carbonyl (C=O) groups excluding carboxylic acids is 1. The molecule has 4 nitrogen and oxygen atoms in total. The van der Waals surface area contributed by atoms with Crippen molar-refractivity contribution in [1.29, 1.82) is 0 Å². The molecule has 1 amide bonds. The second kappa shape index (κ2) is 4.12. The number of fused-ring (bicyclic) bond motifs is 1. The smallest absolute Gasteiger partial charge is 0.405 e. The van der Waals surface area contributed by atoms with Crippen LogP contribution in [-0.4, -0.2) is 28.4 Å². The van der Waals surface area contributed by atoms with Crippen molar-refractivity contribution in [1.82, 2.24) is 5.32 Å². The fraction of sp³-hybridized carbons (Fsp3) is 0.800. The Kier molecular flexibility index (Phi) is 3.00. The van der Waals surface area contributed by atoms with Crippen molar-refractivity contribution in [2.75, 3.05) is 5.33 Å². The Labute approximate surface area is 96.5 Å². The van der Waals surface area contributed by atoms with Crippen LogP contribution in [0.5, 0.6) is 0 Å². The van der Waals surface area contributed by atoms with E-state index >= 15 is 0 Å². The lowest BCUT2D eigenvalue weighted by Crippen LogP contribution is -2.45. The molecule has 0 saturated heterocycles. The van der Waals surface area contributed by atoms with E-state index in [1.165, 1.54) is 6.42 Å². The van der Waals surface area contributed by atoms with Crippen molar-refractivity contribution in [3.8, 4) is 0 Å². The summed E-state index contributed by atoms with van der Waals surface area (Å²) < 4.78 is 0. The molecule has 0 aromatic heterocycles. The summed E-state index contributed by atoms with van der Waals surface area (Å²) in [5.74, 6) is 1.69. The first-order valence-electron chi connectivity index (χ1n) is 5.20.